The number of hydrogen-bond donors (Lipinski definition) is 3. The van der Waals surface area contributed by atoms with Crippen molar-refractivity contribution in [2.24, 2.45) is 11.8 Å². The highest BCUT2D eigenvalue weighted by Crippen LogP contribution is 2.40. The van der Waals surface area contributed by atoms with E-state index in [1.807, 2.05) is 0 Å². The minimum Gasteiger partial charge on any atom is -0.481 e. The fourth-order valence-electron chi connectivity index (χ4n) is 2.22. The maximum atomic E-state index is 13.7. The van der Waals surface area contributed by atoms with Crippen molar-refractivity contribution in [3.05, 3.63) is 30.2 Å². The van der Waals surface area contributed by atoms with Crippen LogP contribution in [0.2, 0.25) is 0 Å². The molecular formula is C13H11FN2O3. The van der Waals surface area contributed by atoms with Gasteiger partial charge in [-0.05, 0) is 18.6 Å². The number of benzene rings is 1. The summed E-state index contributed by atoms with van der Waals surface area (Å²) in [5.41, 5.74) is 0.926. The summed E-state index contributed by atoms with van der Waals surface area (Å²) in [5.74, 6) is -2.91. The predicted octanol–water partition coefficient (Wildman–Crippen LogP) is 1.97. The maximum absolute atomic E-state index is 13.7. The summed E-state index contributed by atoms with van der Waals surface area (Å²) in [7, 11) is 0. The maximum Gasteiger partial charge on any atom is 0.307 e. The fraction of sp³-hybridized carbons (Fsp3) is 0.231. The summed E-state index contributed by atoms with van der Waals surface area (Å²) < 4.78 is 13.7. The van der Waals surface area contributed by atoms with Gasteiger partial charge in [-0.15, -0.1) is 0 Å². The smallest absolute Gasteiger partial charge is 0.307 e. The Kier molecular flexibility index (Phi) is 2.51. The van der Waals surface area contributed by atoms with E-state index in [1.54, 1.807) is 12.1 Å². The van der Waals surface area contributed by atoms with Crippen molar-refractivity contribution in [1.82, 2.24) is 4.98 Å². The number of carbonyl (C=O) groups excluding carboxylic acids is 1. The van der Waals surface area contributed by atoms with E-state index >= 15 is 0 Å². The molecule has 3 rings (SSSR count). The van der Waals surface area contributed by atoms with E-state index in [0.29, 0.717) is 23.0 Å². The van der Waals surface area contributed by atoms with E-state index in [9.17, 15) is 14.0 Å². The van der Waals surface area contributed by atoms with Gasteiger partial charge in [-0.1, -0.05) is 6.07 Å². The van der Waals surface area contributed by atoms with Gasteiger partial charge in [-0.3, -0.25) is 9.59 Å². The van der Waals surface area contributed by atoms with Gasteiger partial charge in [0.05, 0.1) is 28.4 Å². The van der Waals surface area contributed by atoms with Crippen LogP contribution in [0, 0.1) is 17.7 Å². The van der Waals surface area contributed by atoms with Gasteiger partial charge in [-0.2, -0.15) is 0 Å². The predicted molar refractivity (Wildman–Crippen MR) is 66.1 cm³/mol. The Balaban J connectivity index is 1.83. The van der Waals surface area contributed by atoms with Crippen LogP contribution in [0.3, 0.4) is 0 Å². The van der Waals surface area contributed by atoms with Crippen molar-refractivity contribution in [3.63, 3.8) is 0 Å². The first-order valence-corrected chi connectivity index (χ1v) is 5.87. The zero-order chi connectivity index (χ0) is 13.6. The molecule has 1 heterocycles. The minimum absolute atomic E-state index is 0.309. The zero-order valence-electron chi connectivity index (χ0n) is 9.81. The van der Waals surface area contributed by atoms with Crippen molar-refractivity contribution < 1.29 is 19.1 Å². The van der Waals surface area contributed by atoms with E-state index in [0.717, 1.165) is 0 Å². The number of nitrogens with one attached hydrogen (secondary N) is 2. The molecular weight excluding hydrogens is 251 g/mol. The van der Waals surface area contributed by atoms with Gasteiger partial charge in [0.1, 0.15) is 5.82 Å². The number of aliphatic carboxylic acids is 1. The van der Waals surface area contributed by atoms with Crippen molar-refractivity contribution in [1.29, 1.82) is 0 Å². The lowest BCUT2D eigenvalue weighted by Crippen LogP contribution is -2.16. The number of amides is 1. The molecule has 0 aliphatic heterocycles. The number of H-pyrrole nitrogens is 1. The monoisotopic (exact) mass is 262 g/mol. The average molecular weight is 262 g/mol. The van der Waals surface area contributed by atoms with Crippen LogP contribution in [0.25, 0.3) is 10.9 Å². The molecule has 6 heteroatoms. The molecule has 1 aliphatic carbocycles. The summed E-state index contributed by atoms with van der Waals surface area (Å²) in [6.45, 7) is 0. The topological polar surface area (TPSA) is 82.2 Å². The van der Waals surface area contributed by atoms with Crippen LogP contribution in [-0.2, 0) is 9.59 Å². The molecule has 2 aromatic rings. The molecule has 0 bridgehead atoms. The van der Waals surface area contributed by atoms with Gasteiger partial charge in [0, 0.05) is 6.20 Å². The van der Waals surface area contributed by atoms with Gasteiger partial charge in [0.15, 0.2) is 0 Å². The zero-order valence-corrected chi connectivity index (χ0v) is 9.81. The fourth-order valence-corrected chi connectivity index (χ4v) is 2.22. The molecule has 1 aromatic heterocycles. The summed E-state index contributed by atoms with van der Waals surface area (Å²) in [4.78, 5) is 25.4. The first kappa shape index (κ1) is 11.7. The van der Waals surface area contributed by atoms with E-state index in [2.05, 4.69) is 10.3 Å². The van der Waals surface area contributed by atoms with E-state index in [1.165, 1.54) is 12.3 Å². The number of aromatic amines is 1. The van der Waals surface area contributed by atoms with Gasteiger partial charge < -0.3 is 15.4 Å². The van der Waals surface area contributed by atoms with E-state index in [-0.39, 0.29) is 5.91 Å². The first-order chi connectivity index (χ1) is 9.08. The Hall–Kier alpha value is -2.37. The molecule has 0 spiro atoms. The normalized spacial score (nSPS) is 21.3. The second-order valence-electron chi connectivity index (χ2n) is 4.64. The number of halogens is 1. The van der Waals surface area contributed by atoms with Crippen LogP contribution in [0.5, 0.6) is 0 Å². The number of fused-ring (bicyclic) bond motifs is 1. The van der Waals surface area contributed by atoms with Crippen LogP contribution in [0.15, 0.2) is 24.4 Å². The Labute approximate surface area is 107 Å². The van der Waals surface area contributed by atoms with Crippen LogP contribution < -0.4 is 5.32 Å². The molecule has 19 heavy (non-hydrogen) atoms. The highest BCUT2D eigenvalue weighted by Gasteiger charge is 2.48. The van der Waals surface area contributed by atoms with Crippen LogP contribution in [-0.4, -0.2) is 22.0 Å². The Morgan fingerprint density at radius 2 is 2.16 bits per heavy atom. The third-order valence-electron chi connectivity index (χ3n) is 3.36. The summed E-state index contributed by atoms with van der Waals surface area (Å²) in [5, 5.41) is 11.7. The summed E-state index contributed by atoms with van der Waals surface area (Å²) in [6, 6.07) is 4.58. The van der Waals surface area contributed by atoms with Crippen LogP contribution >= 0.6 is 0 Å². The van der Waals surface area contributed by atoms with Crippen molar-refractivity contribution in [2.45, 2.75) is 6.42 Å². The number of rotatable bonds is 3. The molecule has 1 fully saturated rings. The lowest BCUT2D eigenvalue weighted by atomic mass is 10.2. The SMILES string of the molecule is O=C(O)[C@@H]1C[C@H]1C(=O)Nc1c[nH]c2cccc(F)c12. The number of hydrogen-bond acceptors (Lipinski definition) is 2. The Morgan fingerprint density at radius 3 is 2.84 bits per heavy atom. The molecule has 1 aromatic carbocycles. The van der Waals surface area contributed by atoms with Gasteiger partial charge in [0.2, 0.25) is 5.91 Å². The molecule has 1 aliphatic rings. The van der Waals surface area contributed by atoms with Gasteiger partial charge >= 0.3 is 5.97 Å². The quantitative estimate of drug-likeness (QED) is 0.790. The molecule has 1 saturated carbocycles. The third kappa shape index (κ3) is 1.95. The molecule has 5 nitrogen and oxygen atoms in total. The van der Waals surface area contributed by atoms with Crippen LogP contribution in [0.1, 0.15) is 6.42 Å². The number of carboxylic acid groups (broad SMARTS) is 1. The largest absolute Gasteiger partial charge is 0.481 e. The highest BCUT2D eigenvalue weighted by atomic mass is 19.1. The van der Waals surface area contributed by atoms with Crippen molar-refractivity contribution in [2.75, 3.05) is 5.32 Å². The molecule has 1 amide bonds. The highest BCUT2D eigenvalue weighted by molar-refractivity contribution is 6.04. The second-order valence-corrected chi connectivity index (χ2v) is 4.64. The summed E-state index contributed by atoms with van der Waals surface area (Å²) in [6.07, 6.45) is 1.84. The first-order valence-electron chi connectivity index (χ1n) is 5.87. The van der Waals surface area contributed by atoms with Crippen LogP contribution in [0.4, 0.5) is 10.1 Å². The number of carbonyl (C=O) groups is 2. The number of anilines is 1. The van der Waals surface area contributed by atoms with Crippen molar-refractivity contribution in [3.8, 4) is 0 Å². The Morgan fingerprint density at radius 1 is 1.37 bits per heavy atom. The lowest BCUT2D eigenvalue weighted by molar-refractivity contribution is -0.139. The molecule has 0 radical (unpaired) electrons. The standard InChI is InChI=1S/C13H11FN2O3/c14-8-2-1-3-9-11(8)10(5-15-9)16-12(17)6-4-7(6)13(18)19/h1-3,5-7,15H,4H2,(H,16,17)(H,18,19)/t6-,7-/m1/s1. The van der Waals surface area contributed by atoms with E-state index in [4.69, 9.17) is 5.11 Å². The molecule has 2 atom stereocenters. The lowest BCUT2D eigenvalue weighted by Gasteiger charge is -2.03. The Bertz CT molecular complexity index is 680. The van der Waals surface area contributed by atoms with Crippen molar-refractivity contribution >= 4 is 28.5 Å². The molecule has 98 valence electrons. The second kappa shape index (κ2) is 4.08. The molecule has 0 saturated heterocycles. The average Bonchev–Trinajstić information content (AvgIpc) is 3.07. The summed E-state index contributed by atoms with van der Waals surface area (Å²) >= 11 is 0. The number of carboxylic acids is 1. The van der Waals surface area contributed by atoms with Gasteiger partial charge in [0.25, 0.3) is 0 Å². The molecule has 0 unspecified atom stereocenters. The molecule has 3 N–H and O–H groups in total. The number of aromatic nitrogens is 1. The van der Waals surface area contributed by atoms with Gasteiger partial charge in [-0.25, -0.2) is 4.39 Å². The minimum atomic E-state index is -0.967. The third-order valence-corrected chi connectivity index (χ3v) is 3.36. The van der Waals surface area contributed by atoms with E-state index < -0.39 is 23.6 Å².